The number of fused-ring (bicyclic) bond motifs is 1. The molecular formula is C20H23N5. The molecule has 3 aromatic rings. The summed E-state index contributed by atoms with van der Waals surface area (Å²) in [6, 6.07) is 17.9. The highest BCUT2D eigenvalue weighted by atomic mass is 15.4. The highest BCUT2D eigenvalue weighted by Gasteiger charge is 2.29. The van der Waals surface area contributed by atoms with Crippen LogP contribution in [0.25, 0.3) is 0 Å². The van der Waals surface area contributed by atoms with E-state index in [2.05, 4.69) is 89.8 Å². The van der Waals surface area contributed by atoms with Gasteiger partial charge in [0.05, 0.1) is 12.1 Å². The third kappa shape index (κ3) is 2.97. The monoisotopic (exact) mass is 333 g/mol. The van der Waals surface area contributed by atoms with Crippen LogP contribution in [0.15, 0.2) is 54.9 Å². The molecular weight excluding hydrogens is 310 g/mol. The average molecular weight is 333 g/mol. The fourth-order valence-corrected chi connectivity index (χ4v) is 3.41. The van der Waals surface area contributed by atoms with Crippen LogP contribution in [0.1, 0.15) is 35.2 Å². The lowest BCUT2D eigenvalue weighted by Crippen LogP contribution is -2.28. The van der Waals surface area contributed by atoms with Gasteiger partial charge in [-0.2, -0.15) is 10.1 Å². The van der Waals surface area contributed by atoms with E-state index in [1.807, 2.05) is 4.68 Å². The molecule has 1 N–H and O–H groups in total. The molecule has 5 heteroatoms. The van der Waals surface area contributed by atoms with Gasteiger partial charge in [-0.25, -0.2) is 4.68 Å². The van der Waals surface area contributed by atoms with Gasteiger partial charge in [-0.1, -0.05) is 42.0 Å². The van der Waals surface area contributed by atoms with Crippen LogP contribution in [0.4, 0.5) is 11.6 Å². The van der Waals surface area contributed by atoms with Gasteiger partial charge in [0.25, 0.3) is 0 Å². The molecule has 5 nitrogen and oxygen atoms in total. The lowest BCUT2D eigenvalue weighted by Gasteiger charge is -2.32. The van der Waals surface area contributed by atoms with Crippen LogP contribution in [-0.4, -0.2) is 28.9 Å². The second kappa shape index (κ2) is 6.24. The van der Waals surface area contributed by atoms with Crippen molar-refractivity contribution in [1.29, 1.82) is 0 Å². The summed E-state index contributed by atoms with van der Waals surface area (Å²) >= 11 is 0. The maximum Gasteiger partial charge on any atom is 0.222 e. The van der Waals surface area contributed by atoms with E-state index in [1.165, 1.54) is 22.4 Å². The Kier molecular flexibility index (Phi) is 3.92. The summed E-state index contributed by atoms with van der Waals surface area (Å²) < 4.78 is 2.00. The molecule has 1 aliphatic heterocycles. The Bertz CT molecular complexity index is 849. The van der Waals surface area contributed by atoms with Crippen molar-refractivity contribution >= 4 is 11.6 Å². The van der Waals surface area contributed by atoms with Crippen molar-refractivity contribution in [3.8, 4) is 0 Å². The van der Waals surface area contributed by atoms with Crippen molar-refractivity contribution in [2.75, 3.05) is 24.3 Å². The Morgan fingerprint density at radius 1 is 1.00 bits per heavy atom. The quantitative estimate of drug-likeness (QED) is 0.792. The molecule has 25 heavy (non-hydrogen) atoms. The van der Waals surface area contributed by atoms with Gasteiger partial charge < -0.3 is 10.2 Å². The van der Waals surface area contributed by atoms with Crippen LogP contribution in [-0.2, 0) is 0 Å². The molecule has 1 aromatic heterocycles. The van der Waals surface area contributed by atoms with Gasteiger partial charge in [0.1, 0.15) is 6.33 Å². The Labute approximate surface area is 148 Å². The first-order chi connectivity index (χ1) is 12.1. The molecule has 2 heterocycles. The molecule has 2 aromatic carbocycles. The molecule has 0 amide bonds. The second-order valence-corrected chi connectivity index (χ2v) is 6.87. The molecule has 4 rings (SSSR count). The minimum absolute atomic E-state index is 0.192. The molecule has 0 fully saturated rings. The number of anilines is 2. The fraction of sp³-hybridized carbons (Fsp3) is 0.300. The average Bonchev–Trinajstić information content (AvgIpc) is 3.10. The lowest BCUT2D eigenvalue weighted by atomic mass is 9.93. The van der Waals surface area contributed by atoms with Crippen LogP contribution in [0.3, 0.4) is 0 Å². The molecule has 0 unspecified atom stereocenters. The van der Waals surface area contributed by atoms with Crippen LogP contribution in [0, 0.1) is 6.92 Å². The van der Waals surface area contributed by atoms with Gasteiger partial charge in [-0.3, -0.25) is 0 Å². The van der Waals surface area contributed by atoms with E-state index in [0.29, 0.717) is 0 Å². The molecule has 0 bridgehead atoms. The van der Waals surface area contributed by atoms with E-state index in [1.54, 1.807) is 6.33 Å². The first-order valence-corrected chi connectivity index (χ1v) is 8.62. The number of hydrogen-bond donors (Lipinski definition) is 1. The zero-order valence-corrected chi connectivity index (χ0v) is 14.8. The van der Waals surface area contributed by atoms with E-state index in [4.69, 9.17) is 0 Å². The summed E-state index contributed by atoms with van der Waals surface area (Å²) in [4.78, 5) is 6.52. The number of aromatic nitrogens is 3. The van der Waals surface area contributed by atoms with Crippen LogP contribution < -0.4 is 10.2 Å². The number of hydrogen-bond acceptors (Lipinski definition) is 4. The highest BCUT2D eigenvalue weighted by molar-refractivity contribution is 5.48. The lowest BCUT2D eigenvalue weighted by molar-refractivity contribution is 0.431. The summed E-state index contributed by atoms with van der Waals surface area (Å²) in [5, 5.41) is 7.97. The van der Waals surface area contributed by atoms with Crippen molar-refractivity contribution < 1.29 is 0 Å². The molecule has 0 radical (unpaired) electrons. The zero-order chi connectivity index (χ0) is 17.4. The van der Waals surface area contributed by atoms with Crippen molar-refractivity contribution in [2.45, 2.75) is 25.4 Å². The normalized spacial score (nSPS) is 19.2. The number of aryl methyl sites for hydroxylation is 1. The third-order valence-corrected chi connectivity index (χ3v) is 4.90. The first-order valence-electron chi connectivity index (χ1n) is 8.62. The second-order valence-electron chi connectivity index (χ2n) is 6.87. The van der Waals surface area contributed by atoms with Crippen LogP contribution in [0.2, 0.25) is 0 Å². The van der Waals surface area contributed by atoms with E-state index in [9.17, 15) is 0 Å². The number of rotatable bonds is 3. The first kappa shape index (κ1) is 15.7. The largest absolute Gasteiger partial charge is 0.378 e. The maximum absolute atomic E-state index is 4.44. The van der Waals surface area contributed by atoms with Crippen LogP contribution in [0.5, 0.6) is 0 Å². The highest BCUT2D eigenvalue weighted by Crippen LogP contribution is 2.37. The van der Waals surface area contributed by atoms with Crippen molar-refractivity contribution in [1.82, 2.24) is 14.8 Å². The van der Waals surface area contributed by atoms with E-state index < -0.39 is 0 Å². The fourth-order valence-electron chi connectivity index (χ4n) is 3.41. The number of nitrogens with zero attached hydrogens (tertiary/aromatic N) is 4. The minimum Gasteiger partial charge on any atom is -0.378 e. The number of benzene rings is 2. The van der Waals surface area contributed by atoms with Crippen molar-refractivity contribution in [3.05, 3.63) is 71.5 Å². The molecule has 0 aliphatic carbocycles. The maximum atomic E-state index is 4.44. The van der Waals surface area contributed by atoms with Crippen molar-refractivity contribution in [3.63, 3.8) is 0 Å². The molecule has 1 aliphatic rings. The van der Waals surface area contributed by atoms with E-state index >= 15 is 0 Å². The van der Waals surface area contributed by atoms with Crippen molar-refractivity contribution in [2.24, 2.45) is 0 Å². The van der Waals surface area contributed by atoms with Gasteiger partial charge in [0.15, 0.2) is 0 Å². The standard InChI is InChI=1S/C20H23N5/c1-14-4-6-16(7-5-14)19-12-18(23-20-21-13-22-25(19)20)15-8-10-17(11-9-15)24(2)3/h4-11,13,18-19H,12H2,1-3H3,(H,21,22,23)/t18-,19+/m1/s1. The molecule has 0 saturated heterocycles. The third-order valence-electron chi connectivity index (χ3n) is 4.90. The summed E-state index contributed by atoms with van der Waals surface area (Å²) in [6.07, 6.45) is 2.57. The zero-order valence-electron chi connectivity index (χ0n) is 14.8. The summed E-state index contributed by atoms with van der Waals surface area (Å²) in [5.74, 6) is 0.832. The predicted octanol–water partition coefficient (Wildman–Crippen LogP) is 3.80. The summed E-state index contributed by atoms with van der Waals surface area (Å²) in [6.45, 7) is 2.11. The molecule has 128 valence electrons. The Morgan fingerprint density at radius 3 is 2.36 bits per heavy atom. The summed E-state index contributed by atoms with van der Waals surface area (Å²) in [7, 11) is 4.12. The van der Waals surface area contributed by atoms with Gasteiger partial charge in [0, 0.05) is 19.8 Å². The smallest absolute Gasteiger partial charge is 0.222 e. The molecule has 2 atom stereocenters. The topological polar surface area (TPSA) is 46.0 Å². The SMILES string of the molecule is Cc1ccc([C@@H]2C[C@H](c3ccc(N(C)C)cc3)Nc3ncnn32)cc1. The summed E-state index contributed by atoms with van der Waals surface area (Å²) in [5.41, 5.74) is 5.02. The Balaban J connectivity index is 1.67. The van der Waals surface area contributed by atoms with Gasteiger partial charge >= 0.3 is 0 Å². The van der Waals surface area contributed by atoms with Crippen LogP contribution >= 0.6 is 0 Å². The Morgan fingerprint density at radius 2 is 1.68 bits per heavy atom. The van der Waals surface area contributed by atoms with Gasteiger partial charge in [-0.05, 0) is 36.6 Å². The minimum atomic E-state index is 0.192. The molecule has 0 spiro atoms. The van der Waals surface area contributed by atoms with E-state index in [-0.39, 0.29) is 12.1 Å². The van der Waals surface area contributed by atoms with Gasteiger partial charge in [-0.15, -0.1) is 0 Å². The number of nitrogens with one attached hydrogen (secondary N) is 1. The van der Waals surface area contributed by atoms with E-state index in [0.717, 1.165) is 12.4 Å². The molecule has 0 saturated carbocycles. The Hall–Kier alpha value is -2.82. The predicted molar refractivity (Wildman–Crippen MR) is 101 cm³/mol. The van der Waals surface area contributed by atoms with Gasteiger partial charge in [0.2, 0.25) is 5.95 Å².